The molecule has 3 aromatic rings. The number of ether oxygens (including phenoxy) is 3. The second-order valence-electron chi connectivity index (χ2n) is 7.43. The standard InChI is InChI=1S/C22H23N3O5S/c26-22(24-30-21-7-3-4-12-27-21)20-9-8-19(31-20)16-10-11-25(23-16)13-15-14-28-17-5-1-2-6-18(17)29-15/h1-2,5-6,8-11,15,21H,3-4,7,12-14H2,(H,24,26). The Morgan fingerprint density at radius 1 is 1.19 bits per heavy atom. The predicted octanol–water partition coefficient (Wildman–Crippen LogP) is 3.64. The van der Waals surface area contributed by atoms with Crippen molar-refractivity contribution >= 4 is 17.2 Å². The molecule has 0 radical (unpaired) electrons. The second kappa shape index (κ2) is 9.09. The van der Waals surface area contributed by atoms with Crippen molar-refractivity contribution in [2.45, 2.75) is 38.2 Å². The van der Waals surface area contributed by atoms with Gasteiger partial charge in [0, 0.05) is 19.2 Å². The summed E-state index contributed by atoms with van der Waals surface area (Å²) in [5, 5.41) is 4.63. The smallest absolute Gasteiger partial charge is 0.285 e. The molecule has 0 saturated carbocycles. The zero-order valence-corrected chi connectivity index (χ0v) is 17.7. The summed E-state index contributed by atoms with van der Waals surface area (Å²) in [6.45, 7) is 1.71. The summed E-state index contributed by atoms with van der Waals surface area (Å²) < 4.78 is 19.1. The van der Waals surface area contributed by atoms with Gasteiger partial charge in [-0.05, 0) is 43.2 Å². The summed E-state index contributed by atoms with van der Waals surface area (Å²) in [5.41, 5.74) is 3.29. The van der Waals surface area contributed by atoms with E-state index in [2.05, 4.69) is 10.6 Å². The monoisotopic (exact) mass is 441 g/mol. The van der Waals surface area contributed by atoms with Gasteiger partial charge in [-0.3, -0.25) is 9.48 Å². The van der Waals surface area contributed by atoms with Gasteiger partial charge < -0.3 is 14.2 Å². The van der Waals surface area contributed by atoms with Crippen molar-refractivity contribution in [2.75, 3.05) is 13.2 Å². The number of amides is 1. The van der Waals surface area contributed by atoms with Crippen LogP contribution in [0.2, 0.25) is 0 Å². The Balaban J connectivity index is 1.17. The maximum absolute atomic E-state index is 12.4. The molecule has 31 heavy (non-hydrogen) atoms. The third-order valence-corrected chi connectivity index (χ3v) is 6.21. The van der Waals surface area contributed by atoms with Crippen LogP contribution in [-0.2, 0) is 16.1 Å². The molecule has 2 unspecified atom stereocenters. The van der Waals surface area contributed by atoms with Gasteiger partial charge in [-0.2, -0.15) is 5.10 Å². The van der Waals surface area contributed by atoms with Crippen molar-refractivity contribution in [3.63, 3.8) is 0 Å². The van der Waals surface area contributed by atoms with Crippen molar-refractivity contribution in [1.82, 2.24) is 15.3 Å². The van der Waals surface area contributed by atoms with Gasteiger partial charge >= 0.3 is 0 Å². The average Bonchev–Trinajstić information content (AvgIpc) is 3.48. The number of carbonyl (C=O) groups is 1. The zero-order chi connectivity index (χ0) is 21.0. The van der Waals surface area contributed by atoms with E-state index in [-0.39, 0.29) is 18.3 Å². The van der Waals surface area contributed by atoms with E-state index in [1.165, 1.54) is 11.3 Å². The summed E-state index contributed by atoms with van der Waals surface area (Å²) in [5.74, 6) is 1.24. The summed E-state index contributed by atoms with van der Waals surface area (Å²) in [6, 6.07) is 13.2. The topological polar surface area (TPSA) is 83.8 Å². The van der Waals surface area contributed by atoms with E-state index in [1.54, 1.807) is 6.07 Å². The quantitative estimate of drug-likeness (QED) is 0.588. The normalized spacial score (nSPS) is 20.4. The van der Waals surface area contributed by atoms with E-state index < -0.39 is 0 Å². The Kier molecular flexibility index (Phi) is 5.88. The molecule has 0 bridgehead atoms. The molecule has 1 aromatic carbocycles. The fraction of sp³-hybridized carbons (Fsp3) is 0.364. The highest BCUT2D eigenvalue weighted by Gasteiger charge is 2.22. The molecule has 1 fully saturated rings. The maximum Gasteiger partial charge on any atom is 0.285 e. The Labute approximate surface area is 183 Å². The van der Waals surface area contributed by atoms with Crippen molar-refractivity contribution in [3.8, 4) is 22.1 Å². The first-order valence-electron chi connectivity index (χ1n) is 10.3. The number of para-hydroxylation sites is 2. The first kappa shape index (κ1) is 20.0. The van der Waals surface area contributed by atoms with Crippen LogP contribution in [0, 0.1) is 0 Å². The Morgan fingerprint density at radius 3 is 2.97 bits per heavy atom. The van der Waals surface area contributed by atoms with Gasteiger partial charge in [0.05, 0.1) is 16.3 Å². The van der Waals surface area contributed by atoms with Crippen LogP contribution in [-0.4, -0.2) is 41.3 Å². The molecule has 2 atom stereocenters. The second-order valence-corrected chi connectivity index (χ2v) is 8.51. The van der Waals surface area contributed by atoms with E-state index in [1.807, 2.05) is 47.3 Å². The fourth-order valence-corrected chi connectivity index (χ4v) is 4.38. The first-order chi connectivity index (χ1) is 15.2. The van der Waals surface area contributed by atoms with Crippen LogP contribution in [0.25, 0.3) is 10.6 Å². The molecular weight excluding hydrogens is 418 g/mol. The highest BCUT2D eigenvalue weighted by atomic mass is 32.1. The molecule has 2 aromatic heterocycles. The van der Waals surface area contributed by atoms with Crippen LogP contribution >= 0.6 is 11.3 Å². The minimum absolute atomic E-state index is 0.119. The van der Waals surface area contributed by atoms with Crippen LogP contribution in [0.3, 0.4) is 0 Å². The number of aromatic nitrogens is 2. The lowest BCUT2D eigenvalue weighted by Crippen LogP contribution is -2.33. The van der Waals surface area contributed by atoms with E-state index in [0.29, 0.717) is 24.6 Å². The van der Waals surface area contributed by atoms with E-state index in [4.69, 9.17) is 19.0 Å². The highest BCUT2D eigenvalue weighted by Crippen LogP contribution is 2.31. The van der Waals surface area contributed by atoms with Crippen LogP contribution in [0.4, 0.5) is 0 Å². The van der Waals surface area contributed by atoms with Gasteiger partial charge in [0.1, 0.15) is 12.3 Å². The molecule has 5 rings (SSSR count). The minimum atomic E-state index is -0.370. The number of hydrogen-bond acceptors (Lipinski definition) is 7. The molecule has 2 aliphatic rings. The molecule has 1 amide bonds. The molecule has 1 saturated heterocycles. The molecule has 8 nitrogen and oxygen atoms in total. The van der Waals surface area contributed by atoms with Crippen molar-refractivity contribution in [3.05, 3.63) is 53.5 Å². The largest absolute Gasteiger partial charge is 0.486 e. The molecule has 1 N–H and O–H groups in total. The third kappa shape index (κ3) is 4.73. The molecule has 4 heterocycles. The van der Waals surface area contributed by atoms with E-state index in [0.717, 1.165) is 41.3 Å². The Morgan fingerprint density at radius 2 is 2.10 bits per heavy atom. The van der Waals surface area contributed by atoms with E-state index in [9.17, 15) is 4.79 Å². The summed E-state index contributed by atoms with van der Waals surface area (Å²) in [4.78, 5) is 19.2. The highest BCUT2D eigenvalue weighted by molar-refractivity contribution is 7.17. The number of nitrogens with zero attached hydrogens (tertiary/aromatic N) is 2. The first-order valence-corrected chi connectivity index (χ1v) is 11.2. The van der Waals surface area contributed by atoms with Gasteiger partial charge in [-0.25, -0.2) is 10.3 Å². The lowest BCUT2D eigenvalue weighted by atomic mass is 10.2. The molecular formula is C22H23N3O5S. The SMILES string of the molecule is O=C(NOC1CCCCO1)c1ccc(-c2ccn(CC3COc4ccccc4O3)n2)s1. The van der Waals surface area contributed by atoms with Crippen LogP contribution in [0.5, 0.6) is 11.5 Å². The fourth-order valence-electron chi connectivity index (χ4n) is 3.53. The van der Waals surface area contributed by atoms with E-state index >= 15 is 0 Å². The number of rotatable bonds is 6. The summed E-state index contributed by atoms with van der Waals surface area (Å²) in [6.07, 6.45) is 4.27. The molecule has 0 spiro atoms. The number of nitrogens with one attached hydrogen (secondary N) is 1. The number of thiophene rings is 1. The van der Waals surface area contributed by atoms with Crippen LogP contribution in [0.15, 0.2) is 48.7 Å². The maximum atomic E-state index is 12.4. The van der Waals surface area contributed by atoms with Gasteiger partial charge in [0.15, 0.2) is 23.9 Å². The third-order valence-electron chi connectivity index (χ3n) is 5.10. The predicted molar refractivity (Wildman–Crippen MR) is 114 cm³/mol. The molecule has 2 aliphatic heterocycles. The average molecular weight is 442 g/mol. The Hall–Kier alpha value is -2.88. The number of benzene rings is 1. The van der Waals surface area contributed by atoms with Gasteiger partial charge in [0.2, 0.25) is 0 Å². The van der Waals surface area contributed by atoms with Crippen LogP contribution < -0.4 is 15.0 Å². The number of fused-ring (bicyclic) bond motifs is 1. The zero-order valence-electron chi connectivity index (χ0n) is 16.9. The number of hydrogen-bond donors (Lipinski definition) is 1. The summed E-state index contributed by atoms with van der Waals surface area (Å²) in [7, 11) is 0. The van der Waals surface area contributed by atoms with Gasteiger partial charge in [-0.15, -0.1) is 11.3 Å². The molecule has 162 valence electrons. The molecule has 9 heteroatoms. The number of hydroxylamine groups is 1. The summed E-state index contributed by atoms with van der Waals surface area (Å²) >= 11 is 1.37. The van der Waals surface area contributed by atoms with Crippen LogP contribution in [0.1, 0.15) is 28.9 Å². The van der Waals surface area contributed by atoms with Gasteiger partial charge in [0.25, 0.3) is 5.91 Å². The number of carbonyl (C=O) groups excluding carboxylic acids is 1. The van der Waals surface area contributed by atoms with Crippen molar-refractivity contribution in [2.24, 2.45) is 0 Å². The minimum Gasteiger partial charge on any atom is -0.486 e. The Bertz CT molecular complexity index is 1040. The lowest BCUT2D eigenvalue weighted by molar-refractivity contribution is -0.186. The van der Waals surface area contributed by atoms with Crippen molar-refractivity contribution in [1.29, 1.82) is 0 Å². The van der Waals surface area contributed by atoms with Crippen molar-refractivity contribution < 1.29 is 23.8 Å². The lowest BCUT2D eigenvalue weighted by Gasteiger charge is -2.26. The van der Waals surface area contributed by atoms with Gasteiger partial charge in [-0.1, -0.05) is 12.1 Å². The molecule has 0 aliphatic carbocycles.